The van der Waals surface area contributed by atoms with Crippen LogP contribution in [0.25, 0.3) is 16.9 Å². The van der Waals surface area contributed by atoms with Crippen molar-refractivity contribution in [3.05, 3.63) is 40.4 Å². The maximum absolute atomic E-state index is 6.29. The zero-order valence-electron chi connectivity index (χ0n) is 10.8. The first kappa shape index (κ1) is 14.4. The van der Waals surface area contributed by atoms with Crippen LogP contribution in [0.1, 0.15) is 5.82 Å². The standard InChI is InChI=1S/C13H9Cl3N4O/c1-21-13-11-12(17-6-18-13)20(9(5-14)19-11)8-4-2-3-7(15)10(8)16/h2-4,6H,5H2,1H3. The fourth-order valence-electron chi connectivity index (χ4n) is 2.07. The largest absolute Gasteiger partial charge is 0.479 e. The molecule has 3 aromatic rings. The topological polar surface area (TPSA) is 52.8 Å². The van der Waals surface area contributed by atoms with E-state index in [0.29, 0.717) is 38.6 Å². The molecule has 0 atom stereocenters. The second-order valence-corrected chi connectivity index (χ2v) is 5.18. The van der Waals surface area contributed by atoms with Crippen molar-refractivity contribution < 1.29 is 4.74 Å². The highest BCUT2D eigenvalue weighted by molar-refractivity contribution is 6.43. The first-order valence-corrected chi connectivity index (χ1v) is 7.23. The van der Waals surface area contributed by atoms with Crippen LogP contribution in [0.2, 0.25) is 10.0 Å². The van der Waals surface area contributed by atoms with Gasteiger partial charge >= 0.3 is 0 Å². The van der Waals surface area contributed by atoms with E-state index in [2.05, 4.69) is 15.0 Å². The molecule has 0 unspecified atom stereocenters. The molecule has 0 saturated carbocycles. The Hall–Kier alpha value is -1.56. The van der Waals surface area contributed by atoms with E-state index < -0.39 is 0 Å². The van der Waals surface area contributed by atoms with Crippen LogP contribution in [0.5, 0.6) is 5.88 Å². The summed E-state index contributed by atoms with van der Waals surface area (Å²) in [6.07, 6.45) is 1.40. The van der Waals surface area contributed by atoms with Crippen LogP contribution in [-0.4, -0.2) is 26.6 Å². The molecule has 0 aliphatic carbocycles. The summed E-state index contributed by atoms with van der Waals surface area (Å²) in [7, 11) is 1.52. The summed E-state index contributed by atoms with van der Waals surface area (Å²) in [6, 6.07) is 5.33. The van der Waals surface area contributed by atoms with Crippen molar-refractivity contribution in [1.29, 1.82) is 0 Å². The van der Waals surface area contributed by atoms with E-state index >= 15 is 0 Å². The van der Waals surface area contributed by atoms with Crippen LogP contribution >= 0.6 is 34.8 Å². The highest BCUT2D eigenvalue weighted by Gasteiger charge is 2.19. The average Bonchev–Trinajstić information content (AvgIpc) is 2.88. The Morgan fingerprint density at radius 2 is 2.05 bits per heavy atom. The van der Waals surface area contributed by atoms with Gasteiger partial charge < -0.3 is 4.74 Å². The summed E-state index contributed by atoms with van der Waals surface area (Å²) in [4.78, 5) is 12.7. The number of ether oxygens (including phenoxy) is 1. The Kier molecular flexibility index (Phi) is 3.89. The number of halogens is 3. The van der Waals surface area contributed by atoms with Gasteiger partial charge in [-0.15, -0.1) is 11.6 Å². The van der Waals surface area contributed by atoms with Gasteiger partial charge in [0.1, 0.15) is 12.2 Å². The van der Waals surface area contributed by atoms with E-state index in [1.165, 1.54) is 13.4 Å². The van der Waals surface area contributed by atoms with Crippen LogP contribution in [0.4, 0.5) is 0 Å². The molecule has 0 spiro atoms. The van der Waals surface area contributed by atoms with Gasteiger partial charge in [-0.05, 0) is 12.1 Å². The molecule has 2 heterocycles. The maximum atomic E-state index is 6.29. The Bertz CT molecular complexity index is 819. The maximum Gasteiger partial charge on any atom is 0.245 e. The molecular weight excluding hydrogens is 335 g/mol. The molecule has 0 radical (unpaired) electrons. The van der Waals surface area contributed by atoms with Gasteiger partial charge in [-0.2, -0.15) is 4.98 Å². The molecule has 0 bridgehead atoms. The number of hydrogen-bond acceptors (Lipinski definition) is 4. The fraction of sp³-hybridized carbons (Fsp3) is 0.154. The van der Waals surface area contributed by atoms with Gasteiger partial charge in [0.15, 0.2) is 11.2 Å². The number of nitrogens with zero attached hydrogens (tertiary/aromatic N) is 4. The highest BCUT2D eigenvalue weighted by Crippen LogP contribution is 2.33. The van der Waals surface area contributed by atoms with Crippen LogP contribution in [0, 0.1) is 0 Å². The molecule has 0 saturated heterocycles. The minimum Gasteiger partial charge on any atom is -0.479 e. The lowest BCUT2D eigenvalue weighted by Crippen LogP contribution is -2.01. The number of fused-ring (bicyclic) bond motifs is 1. The van der Waals surface area contributed by atoms with E-state index in [1.54, 1.807) is 16.7 Å². The lowest BCUT2D eigenvalue weighted by Gasteiger charge is -2.10. The number of aromatic nitrogens is 4. The van der Waals surface area contributed by atoms with Crippen molar-refractivity contribution in [2.24, 2.45) is 0 Å². The van der Waals surface area contributed by atoms with Crippen molar-refractivity contribution >= 4 is 46.0 Å². The number of imidazole rings is 1. The predicted molar refractivity (Wildman–Crippen MR) is 82.8 cm³/mol. The first-order valence-electron chi connectivity index (χ1n) is 5.94. The molecule has 108 valence electrons. The normalized spacial score (nSPS) is 11.0. The Balaban J connectivity index is 2.38. The first-order chi connectivity index (χ1) is 10.2. The molecule has 1 aromatic carbocycles. The monoisotopic (exact) mass is 342 g/mol. The van der Waals surface area contributed by atoms with Gasteiger partial charge in [0.2, 0.25) is 5.88 Å². The molecule has 0 aliphatic heterocycles. The predicted octanol–water partition coefficient (Wildman–Crippen LogP) is 3.87. The van der Waals surface area contributed by atoms with Crippen LogP contribution < -0.4 is 4.74 Å². The van der Waals surface area contributed by atoms with Gasteiger partial charge in [0.05, 0.1) is 28.7 Å². The smallest absolute Gasteiger partial charge is 0.245 e. The molecule has 2 aromatic heterocycles. The Labute approximate surface area is 135 Å². The third kappa shape index (κ3) is 2.31. The van der Waals surface area contributed by atoms with E-state index in [9.17, 15) is 0 Å². The molecule has 21 heavy (non-hydrogen) atoms. The average molecular weight is 344 g/mol. The van der Waals surface area contributed by atoms with Crippen molar-refractivity contribution in [3.8, 4) is 11.6 Å². The van der Waals surface area contributed by atoms with E-state index in [-0.39, 0.29) is 5.88 Å². The lowest BCUT2D eigenvalue weighted by atomic mass is 10.3. The summed E-state index contributed by atoms with van der Waals surface area (Å²) >= 11 is 18.4. The molecule has 0 amide bonds. The van der Waals surface area contributed by atoms with E-state index in [1.807, 2.05) is 6.07 Å². The summed E-state index contributed by atoms with van der Waals surface area (Å²) in [5.74, 6) is 1.14. The van der Waals surface area contributed by atoms with Crippen LogP contribution in [0.3, 0.4) is 0 Å². The zero-order valence-corrected chi connectivity index (χ0v) is 13.1. The number of hydrogen-bond donors (Lipinski definition) is 0. The third-order valence-electron chi connectivity index (χ3n) is 2.97. The summed E-state index contributed by atoms with van der Waals surface area (Å²) in [6.45, 7) is 0. The number of benzene rings is 1. The zero-order chi connectivity index (χ0) is 15.0. The summed E-state index contributed by atoms with van der Waals surface area (Å²) in [5, 5.41) is 0.847. The minimum atomic E-state index is 0.183. The van der Waals surface area contributed by atoms with E-state index in [0.717, 1.165) is 0 Å². The summed E-state index contributed by atoms with van der Waals surface area (Å²) in [5.41, 5.74) is 1.73. The SMILES string of the molecule is COc1ncnc2c1nc(CCl)n2-c1cccc(Cl)c1Cl. The number of rotatable bonds is 3. The minimum absolute atomic E-state index is 0.183. The van der Waals surface area contributed by atoms with Crippen LogP contribution in [0.15, 0.2) is 24.5 Å². The molecule has 3 rings (SSSR count). The van der Waals surface area contributed by atoms with Gasteiger partial charge in [0.25, 0.3) is 0 Å². The van der Waals surface area contributed by atoms with Gasteiger partial charge in [-0.25, -0.2) is 9.97 Å². The molecule has 8 heteroatoms. The molecule has 0 aliphatic rings. The Morgan fingerprint density at radius 1 is 1.24 bits per heavy atom. The second kappa shape index (κ2) is 5.67. The van der Waals surface area contributed by atoms with Crippen molar-refractivity contribution in [1.82, 2.24) is 19.5 Å². The third-order valence-corrected chi connectivity index (χ3v) is 4.01. The molecule has 0 fully saturated rings. The van der Waals surface area contributed by atoms with Crippen LogP contribution in [-0.2, 0) is 5.88 Å². The van der Waals surface area contributed by atoms with Crippen molar-refractivity contribution in [2.45, 2.75) is 5.88 Å². The van der Waals surface area contributed by atoms with Gasteiger partial charge in [0, 0.05) is 0 Å². The molecular formula is C13H9Cl3N4O. The Morgan fingerprint density at radius 3 is 2.76 bits per heavy atom. The van der Waals surface area contributed by atoms with Gasteiger partial charge in [-0.1, -0.05) is 29.3 Å². The van der Waals surface area contributed by atoms with Gasteiger partial charge in [-0.3, -0.25) is 4.57 Å². The lowest BCUT2D eigenvalue weighted by molar-refractivity contribution is 0.401. The number of alkyl halides is 1. The molecule has 5 nitrogen and oxygen atoms in total. The molecule has 0 N–H and O–H groups in total. The van der Waals surface area contributed by atoms with E-state index in [4.69, 9.17) is 39.5 Å². The quantitative estimate of drug-likeness (QED) is 0.677. The summed E-state index contributed by atoms with van der Waals surface area (Å²) < 4.78 is 6.95. The highest BCUT2D eigenvalue weighted by atomic mass is 35.5. The fourth-order valence-corrected chi connectivity index (χ4v) is 2.63. The van der Waals surface area contributed by atoms with Crippen molar-refractivity contribution in [2.75, 3.05) is 7.11 Å². The number of methoxy groups -OCH3 is 1. The second-order valence-electron chi connectivity index (χ2n) is 4.13. The van der Waals surface area contributed by atoms with Crippen molar-refractivity contribution in [3.63, 3.8) is 0 Å².